The molecule has 106 valence electrons. The molecule has 2 nitrogen and oxygen atoms in total. The first-order chi connectivity index (χ1) is 9.04. The van der Waals surface area contributed by atoms with Crippen molar-refractivity contribution in [2.24, 2.45) is 5.92 Å². The maximum Gasteiger partial charge on any atom is 0.137 e. The molecule has 1 aromatic carbocycles. The Morgan fingerprint density at radius 3 is 2.79 bits per heavy atom. The highest BCUT2D eigenvalue weighted by Gasteiger charge is 2.36. The number of halogens is 2. The summed E-state index contributed by atoms with van der Waals surface area (Å²) in [6, 6.07) is 6.34. The standard InChI is InChI=1S/C15H22BrFN2/c1-10(2)19-7-6-12(9-18-3)15(19)11-4-5-13(16)14(17)8-11/h4-5,8,10,12,15,18H,6-7,9H2,1-3H3. The third-order valence-electron chi connectivity index (χ3n) is 3.98. The molecular formula is C15H22BrFN2. The summed E-state index contributed by atoms with van der Waals surface area (Å²) in [5.74, 6) is 0.379. The molecule has 1 N–H and O–H groups in total. The van der Waals surface area contributed by atoms with Crippen LogP contribution in [0, 0.1) is 11.7 Å². The van der Waals surface area contributed by atoms with Gasteiger partial charge in [0.25, 0.3) is 0 Å². The van der Waals surface area contributed by atoms with Crippen molar-refractivity contribution in [1.29, 1.82) is 0 Å². The fourth-order valence-electron chi connectivity index (χ4n) is 3.10. The minimum Gasteiger partial charge on any atom is -0.319 e. The smallest absolute Gasteiger partial charge is 0.137 e. The fourth-order valence-corrected chi connectivity index (χ4v) is 3.34. The monoisotopic (exact) mass is 328 g/mol. The van der Waals surface area contributed by atoms with E-state index < -0.39 is 0 Å². The quantitative estimate of drug-likeness (QED) is 0.908. The van der Waals surface area contributed by atoms with Crippen LogP contribution in [0.1, 0.15) is 31.9 Å². The molecule has 0 spiro atoms. The zero-order chi connectivity index (χ0) is 14.0. The molecule has 0 radical (unpaired) electrons. The largest absolute Gasteiger partial charge is 0.319 e. The van der Waals surface area contributed by atoms with Gasteiger partial charge in [-0.05, 0) is 79.9 Å². The number of rotatable bonds is 4. The molecule has 19 heavy (non-hydrogen) atoms. The topological polar surface area (TPSA) is 15.3 Å². The summed E-state index contributed by atoms with van der Waals surface area (Å²) >= 11 is 3.23. The van der Waals surface area contributed by atoms with Crippen LogP contribution in [0.15, 0.2) is 22.7 Å². The first-order valence-corrected chi connectivity index (χ1v) is 7.69. The highest BCUT2D eigenvalue weighted by Crippen LogP contribution is 2.39. The Hall–Kier alpha value is -0.450. The van der Waals surface area contributed by atoms with Gasteiger partial charge in [0.05, 0.1) is 4.47 Å². The van der Waals surface area contributed by atoms with E-state index in [2.05, 4.69) is 40.0 Å². The van der Waals surface area contributed by atoms with Gasteiger partial charge in [-0.15, -0.1) is 0 Å². The summed E-state index contributed by atoms with van der Waals surface area (Å²) in [4.78, 5) is 2.48. The molecule has 2 atom stereocenters. The molecule has 2 unspecified atom stereocenters. The maximum absolute atomic E-state index is 13.8. The van der Waals surface area contributed by atoms with E-state index in [9.17, 15) is 4.39 Å². The van der Waals surface area contributed by atoms with Crippen LogP contribution in [0.25, 0.3) is 0 Å². The SMILES string of the molecule is CNCC1CCN(C(C)C)C1c1ccc(Br)c(F)c1. The van der Waals surface area contributed by atoms with Crippen molar-refractivity contribution < 1.29 is 4.39 Å². The highest BCUT2D eigenvalue weighted by molar-refractivity contribution is 9.10. The van der Waals surface area contributed by atoms with Gasteiger partial charge in [-0.3, -0.25) is 4.90 Å². The van der Waals surface area contributed by atoms with Crippen molar-refractivity contribution >= 4 is 15.9 Å². The van der Waals surface area contributed by atoms with Gasteiger partial charge in [-0.25, -0.2) is 4.39 Å². The Labute approximate surface area is 123 Å². The van der Waals surface area contributed by atoms with Crippen LogP contribution in [0.4, 0.5) is 4.39 Å². The molecule has 0 aliphatic carbocycles. The lowest BCUT2D eigenvalue weighted by Gasteiger charge is -2.31. The second kappa shape index (κ2) is 6.33. The molecule has 4 heteroatoms. The molecule has 1 aliphatic heterocycles. The number of likely N-dealkylation sites (tertiary alicyclic amines) is 1. The summed E-state index contributed by atoms with van der Waals surface area (Å²) in [5, 5.41) is 3.27. The van der Waals surface area contributed by atoms with Crippen LogP contribution >= 0.6 is 15.9 Å². The molecule has 2 rings (SSSR count). The molecule has 1 fully saturated rings. The average Bonchev–Trinajstić information content (AvgIpc) is 2.77. The van der Waals surface area contributed by atoms with E-state index in [-0.39, 0.29) is 5.82 Å². The Kier molecular flexibility index (Phi) is 4.98. The van der Waals surface area contributed by atoms with Crippen molar-refractivity contribution in [2.45, 2.75) is 32.4 Å². The first kappa shape index (κ1) is 14.9. The minimum absolute atomic E-state index is 0.170. The summed E-state index contributed by atoms with van der Waals surface area (Å²) in [5.41, 5.74) is 1.09. The van der Waals surface area contributed by atoms with E-state index >= 15 is 0 Å². The van der Waals surface area contributed by atoms with Crippen molar-refractivity contribution in [3.05, 3.63) is 34.1 Å². The third kappa shape index (κ3) is 3.18. The van der Waals surface area contributed by atoms with Gasteiger partial charge in [0.2, 0.25) is 0 Å². The molecule has 0 amide bonds. The molecule has 0 bridgehead atoms. The Morgan fingerprint density at radius 1 is 1.47 bits per heavy atom. The molecule has 1 aromatic rings. The van der Waals surface area contributed by atoms with Gasteiger partial charge in [-0.2, -0.15) is 0 Å². The van der Waals surface area contributed by atoms with Gasteiger partial charge in [0.15, 0.2) is 0 Å². The van der Waals surface area contributed by atoms with Crippen LogP contribution in [0.2, 0.25) is 0 Å². The molecule has 1 aliphatic rings. The molecule has 1 heterocycles. The number of hydrogen-bond acceptors (Lipinski definition) is 2. The zero-order valence-corrected chi connectivity index (χ0v) is 13.4. The van der Waals surface area contributed by atoms with Crippen molar-refractivity contribution in [3.63, 3.8) is 0 Å². The number of nitrogens with zero attached hydrogens (tertiary/aromatic N) is 1. The summed E-state index contributed by atoms with van der Waals surface area (Å²) in [6.07, 6.45) is 1.17. The third-order valence-corrected chi connectivity index (χ3v) is 4.62. The lowest BCUT2D eigenvalue weighted by Crippen LogP contribution is -2.33. The van der Waals surface area contributed by atoms with Crippen molar-refractivity contribution in [3.8, 4) is 0 Å². The molecule has 1 saturated heterocycles. The number of benzene rings is 1. The minimum atomic E-state index is -0.170. The van der Waals surface area contributed by atoms with Crippen molar-refractivity contribution in [1.82, 2.24) is 10.2 Å². The number of nitrogens with one attached hydrogen (secondary N) is 1. The van der Waals surface area contributed by atoms with Gasteiger partial charge < -0.3 is 5.32 Å². The van der Waals surface area contributed by atoms with Crippen LogP contribution in [0.5, 0.6) is 0 Å². The van der Waals surface area contributed by atoms with Crippen LogP contribution in [-0.2, 0) is 0 Å². The van der Waals surface area contributed by atoms with E-state index in [1.54, 1.807) is 6.07 Å². The summed E-state index contributed by atoms with van der Waals surface area (Å²) in [6.45, 7) is 6.49. The predicted molar refractivity (Wildman–Crippen MR) is 80.7 cm³/mol. The maximum atomic E-state index is 13.8. The normalized spacial score (nSPS) is 24.3. The van der Waals surface area contributed by atoms with Gasteiger partial charge in [-0.1, -0.05) is 6.07 Å². The van der Waals surface area contributed by atoms with Crippen LogP contribution < -0.4 is 5.32 Å². The van der Waals surface area contributed by atoms with Gasteiger partial charge >= 0.3 is 0 Å². The van der Waals surface area contributed by atoms with Crippen molar-refractivity contribution in [2.75, 3.05) is 20.1 Å². The highest BCUT2D eigenvalue weighted by atomic mass is 79.9. The predicted octanol–water partition coefficient (Wildman–Crippen LogP) is 3.58. The van der Waals surface area contributed by atoms with Gasteiger partial charge in [0, 0.05) is 12.1 Å². The lowest BCUT2D eigenvalue weighted by molar-refractivity contribution is 0.182. The summed E-state index contributed by atoms with van der Waals surface area (Å²) in [7, 11) is 1.98. The second-order valence-electron chi connectivity index (χ2n) is 5.56. The summed E-state index contributed by atoms with van der Waals surface area (Å²) < 4.78 is 14.3. The van der Waals surface area contributed by atoms with Crippen LogP contribution in [0.3, 0.4) is 0 Å². The van der Waals surface area contributed by atoms with E-state index in [0.717, 1.165) is 18.7 Å². The first-order valence-electron chi connectivity index (χ1n) is 6.90. The molecule has 0 aromatic heterocycles. The van der Waals surface area contributed by atoms with Crippen LogP contribution in [-0.4, -0.2) is 31.1 Å². The molecular weight excluding hydrogens is 307 g/mol. The zero-order valence-electron chi connectivity index (χ0n) is 11.8. The van der Waals surface area contributed by atoms with E-state index in [1.807, 2.05) is 19.2 Å². The lowest BCUT2D eigenvalue weighted by atomic mass is 9.93. The van der Waals surface area contributed by atoms with E-state index in [1.165, 1.54) is 6.42 Å². The van der Waals surface area contributed by atoms with Gasteiger partial charge in [0.1, 0.15) is 5.82 Å². The average molecular weight is 329 g/mol. The van der Waals surface area contributed by atoms with E-state index in [4.69, 9.17) is 0 Å². The Morgan fingerprint density at radius 2 is 2.21 bits per heavy atom. The van der Waals surface area contributed by atoms with E-state index in [0.29, 0.717) is 22.5 Å². The Balaban J connectivity index is 2.31. The Bertz CT molecular complexity index is 436. The fraction of sp³-hybridized carbons (Fsp3) is 0.600. The number of hydrogen-bond donors (Lipinski definition) is 1. The molecule has 0 saturated carbocycles. The second-order valence-corrected chi connectivity index (χ2v) is 6.41.